The van der Waals surface area contributed by atoms with Gasteiger partial charge in [-0.05, 0) is 41.3 Å². The SMILES string of the molecule is COc1ccc2c(c1)C=Cc1ccccc1[C@]2(C)O. The van der Waals surface area contributed by atoms with Crippen LogP contribution in [0.5, 0.6) is 5.75 Å². The fourth-order valence-corrected chi connectivity index (χ4v) is 2.66. The van der Waals surface area contributed by atoms with Crippen molar-refractivity contribution in [1.29, 1.82) is 0 Å². The summed E-state index contributed by atoms with van der Waals surface area (Å²) in [5.41, 5.74) is 2.86. The van der Waals surface area contributed by atoms with Crippen molar-refractivity contribution in [3.05, 3.63) is 64.7 Å². The molecule has 0 amide bonds. The predicted molar refractivity (Wildman–Crippen MR) is 77.0 cm³/mol. The number of ether oxygens (including phenoxy) is 1. The largest absolute Gasteiger partial charge is 0.497 e. The Morgan fingerprint density at radius 1 is 0.947 bits per heavy atom. The molecule has 2 heteroatoms. The maximum absolute atomic E-state index is 10.9. The fraction of sp³-hybridized carbons (Fsp3) is 0.176. The van der Waals surface area contributed by atoms with Crippen LogP contribution in [0.25, 0.3) is 12.2 Å². The number of aliphatic hydroxyl groups is 1. The van der Waals surface area contributed by atoms with Crippen LogP contribution in [0.3, 0.4) is 0 Å². The predicted octanol–water partition coefficient (Wildman–Crippen LogP) is 3.43. The molecule has 96 valence electrons. The second kappa shape index (κ2) is 4.25. The Labute approximate surface area is 113 Å². The van der Waals surface area contributed by atoms with E-state index in [0.29, 0.717) is 0 Å². The molecular weight excluding hydrogens is 236 g/mol. The van der Waals surface area contributed by atoms with E-state index in [1.807, 2.05) is 61.5 Å². The van der Waals surface area contributed by atoms with Crippen molar-refractivity contribution in [2.75, 3.05) is 7.11 Å². The Bertz CT molecular complexity index is 654. The second-order valence-electron chi connectivity index (χ2n) is 4.95. The van der Waals surface area contributed by atoms with Crippen molar-refractivity contribution in [1.82, 2.24) is 0 Å². The van der Waals surface area contributed by atoms with Crippen LogP contribution in [0, 0.1) is 0 Å². The van der Waals surface area contributed by atoms with E-state index in [1.165, 1.54) is 0 Å². The van der Waals surface area contributed by atoms with Gasteiger partial charge in [-0.15, -0.1) is 0 Å². The van der Waals surface area contributed by atoms with Crippen LogP contribution in [0.4, 0.5) is 0 Å². The average Bonchev–Trinajstić information content (AvgIpc) is 2.54. The summed E-state index contributed by atoms with van der Waals surface area (Å²) in [5, 5.41) is 10.9. The lowest BCUT2D eigenvalue weighted by Crippen LogP contribution is -2.24. The third kappa shape index (κ3) is 1.85. The summed E-state index contributed by atoms with van der Waals surface area (Å²) in [6.07, 6.45) is 4.06. The van der Waals surface area contributed by atoms with Gasteiger partial charge < -0.3 is 9.84 Å². The molecule has 2 nitrogen and oxygen atoms in total. The van der Waals surface area contributed by atoms with E-state index in [-0.39, 0.29) is 0 Å². The molecule has 2 aromatic carbocycles. The van der Waals surface area contributed by atoms with Crippen molar-refractivity contribution < 1.29 is 9.84 Å². The first-order valence-corrected chi connectivity index (χ1v) is 6.31. The number of methoxy groups -OCH3 is 1. The van der Waals surface area contributed by atoms with Crippen molar-refractivity contribution >= 4 is 12.2 Å². The normalized spacial score (nSPS) is 20.4. The molecule has 0 aliphatic heterocycles. The Morgan fingerprint density at radius 2 is 1.63 bits per heavy atom. The molecular formula is C17H16O2. The number of hydrogen-bond acceptors (Lipinski definition) is 2. The molecule has 0 radical (unpaired) electrons. The third-order valence-corrected chi connectivity index (χ3v) is 3.71. The van der Waals surface area contributed by atoms with Gasteiger partial charge in [0.25, 0.3) is 0 Å². The van der Waals surface area contributed by atoms with Crippen LogP contribution in [0.1, 0.15) is 29.2 Å². The van der Waals surface area contributed by atoms with Crippen LogP contribution in [0.15, 0.2) is 42.5 Å². The Balaban J connectivity index is 2.27. The molecule has 0 saturated heterocycles. The molecule has 19 heavy (non-hydrogen) atoms. The molecule has 1 aliphatic carbocycles. The van der Waals surface area contributed by atoms with E-state index >= 15 is 0 Å². The van der Waals surface area contributed by atoms with Crippen LogP contribution in [0.2, 0.25) is 0 Å². The van der Waals surface area contributed by atoms with Gasteiger partial charge in [0, 0.05) is 0 Å². The molecule has 1 atom stereocenters. The third-order valence-electron chi connectivity index (χ3n) is 3.71. The Hall–Kier alpha value is -2.06. The maximum atomic E-state index is 10.9. The highest BCUT2D eigenvalue weighted by molar-refractivity contribution is 5.77. The van der Waals surface area contributed by atoms with Crippen molar-refractivity contribution in [3.63, 3.8) is 0 Å². The zero-order valence-corrected chi connectivity index (χ0v) is 11.1. The van der Waals surface area contributed by atoms with Gasteiger partial charge in [0.1, 0.15) is 11.4 Å². The van der Waals surface area contributed by atoms with Crippen molar-refractivity contribution in [3.8, 4) is 5.75 Å². The molecule has 1 N–H and O–H groups in total. The lowest BCUT2D eigenvalue weighted by Gasteiger charge is -2.26. The first kappa shape index (κ1) is 12.0. The van der Waals surface area contributed by atoms with Crippen LogP contribution in [-0.2, 0) is 5.60 Å². The summed E-state index contributed by atoms with van der Waals surface area (Å²) in [5.74, 6) is 0.796. The first-order valence-electron chi connectivity index (χ1n) is 6.31. The first-order chi connectivity index (χ1) is 9.13. The zero-order chi connectivity index (χ0) is 13.5. The molecule has 0 fully saturated rings. The summed E-state index contributed by atoms with van der Waals surface area (Å²) in [7, 11) is 1.65. The highest BCUT2D eigenvalue weighted by atomic mass is 16.5. The number of hydrogen-bond donors (Lipinski definition) is 1. The fourth-order valence-electron chi connectivity index (χ4n) is 2.66. The van der Waals surface area contributed by atoms with Gasteiger partial charge in [-0.1, -0.05) is 42.5 Å². The lowest BCUT2D eigenvalue weighted by molar-refractivity contribution is 0.102. The minimum atomic E-state index is -0.998. The lowest BCUT2D eigenvalue weighted by atomic mass is 9.85. The van der Waals surface area contributed by atoms with Crippen molar-refractivity contribution in [2.24, 2.45) is 0 Å². The summed E-state index contributed by atoms with van der Waals surface area (Å²) < 4.78 is 5.25. The highest BCUT2D eigenvalue weighted by Gasteiger charge is 2.31. The topological polar surface area (TPSA) is 29.5 Å². The highest BCUT2D eigenvalue weighted by Crippen LogP contribution is 2.38. The maximum Gasteiger partial charge on any atom is 0.119 e. The van der Waals surface area contributed by atoms with Gasteiger partial charge in [0.05, 0.1) is 7.11 Å². The number of benzene rings is 2. The smallest absolute Gasteiger partial charge is 0.119 e. The summed E-state index contributed by atoms with van der Waals surface area (Å²) in [6, 6.07) is 13.7. The molecule has 0 aromatic heterocycles. The standard InChI is InChI=1S/C17H16O2/c1-17(18)15-6-4-3-5-12(15)7-8-13-11-14(19-2)9-10-16(13)17/h3-11,18H,1-2H3/t17-/m0/s1. The summed E-state index contributed by atoms with van der Waals surface area (Å²) >= 11 is 0. The van der Waals surface area contributed by atoms with Crippen LogP contribution < -0.4 is 4.74 Å². The van der Waals surface area contributed by atoms with Crippen LogP contribution >= 0.6 is 0 Å². The molecule has 0 bridgehead atoms. The minimum Gasteiger partial charge on any atom is -0.497 e. The van der Waals surface area contributed by atoms with E-state index in [9.17, 15) is 5.11 Å². The van der Waals surface area contributed by atoms with Gasteiger partial charge in [-0.25, -0.2) is 0 Å². The van der Waals surface area contributed by atoms with E-state index in [2.05, 4.69) is 0 Å². The van der Waals surface area contributed by atoms with Crippen molar-refractivity contribution in [2.45, 2.75) is 12.5 Å². The van der Waals surface area contributed by atoms with Gasteiger partial charge in [0.2, 0.25) is 0 Å². The number of rotatable bonds is 1. The molecule has 0 saturated carbocycles. The van der Waals surface area contributed by atoms with Gasteiger partial charge >= 0.3 is 0 Å². The Morgan fingerprint density at radius 3 is 2.42 bits per heavy atom. The molecule has 0 unspecified atom stereocenters. The molecule has 2 aromatic rings. The van der Waals surface area contributed by atoms with E-state index in [4.69, 9.17) is 4.74 Å². The van der Waals surface area contributed by atoms with E-state index in [1.54, 1.807) is 7.11 Å². The van der Waals surface area contributed by atoms with Crippen LogP contribution in [-0.4, -0.2) is 12.2 Å². The van der Waals surface area contributed by atoms with Gasteiger partial charge in [-0.3, -0.25) is 0 Å². The van der Waals surface area contributed by atoms with Gasteiger partial charge in [0.15, 0.2) is 0 Å². The molecule has 0 spiro atoms. The Kier molecular flexibility index (Phi) is 2.68. The molecule has 0 heterocycles. The quantitative estimate of drug-likeness (QED) is 0.842. The zero-order valence-electron chi connectivity index (χ0n) is 11.1. The molecule has 1 aliphatic rings. The van der Waals surface area contributed by atoms with Gasteiger partial charge in [-0.2, -0.15) is 0 Å². The van der Waals surface area contributed by atoms with E-state index in [0.717, 1.165) is 28.0 Å². The second-order valence-corrected chi connectivity index (χ2v) is 4.95. The monoisotopic (exact) mass is 252 g/mol. The minimum absolute atomic E-state index is 0.796. The van der Waals surface area contributed by atoms with E-state index < -0.39 is 5.60 Å². The summed E-state index contributed by atoms with van der Waals surface area (Å²) in [6.45, 7) is 1.84. The molecule has 3 rings (SSSR count). The number of fused-ring (bicyclic) bond motifs is 2. The summed E-state index contributed by atoms with van der Waals surface area (Å²) in [4.78, 5) is 0. The average molecular weight is 252 g/mol.